The molecule has 0 radical (unpaired) electrons. The molecule has 0 N–H and O–H groups in total. The molecule has 5 nitrogen and oxygen atoms in total. The summed E-state index contributed by atoms with van der Waals surface area (Å²) in [6.07, 6.45) is 1.02. The average molecular weight is 409 g/mol. The van der Waals surface area contributed by atoms with Crippen molar-refractivity contribution in [3.05, 3.63) is 65.2 Å². The zero-order chi connectivity index (χ0) is 21.4. The second-order valence-electron chi connectivity index (χ2n) is 8.50. The maximum absolute atomic E-state index is 14.0. The van der Waals surface area contributed by atoms with E-state index in [1.54, 1.807) is 6.07 Å². The largest absolute Gasteiger partial charge is 0.337 e. The van der Waals surface area contributed by atoms with Gasteiger partial charge >= 0.3 is 0 Å². The molecule has 1 aliphatic heterocycles. The number of para-hydroxylation sites is 1. The van der Waals surface area contributed by atoms with Crippen LogP contribution >= 0.6 is 0 Å². The van der Waals surface area contributed by atoms with E-state index in [1.165, 1.54) is 6.07 Å². The van der Waals surface area contributed by atoms with Gasteiger partial charge in [-0.3, -0.25) is 9.69 Å². The van der Waals surface area contributed by atoms with Crippen LogP contribution in [0.2, 0.25) is 0 Å². The lowest BCUT2D eigenvalue weighted by Gasteiger charge is -2.26. The van der Waals surface area contributed by atoms with Gasteiger partial charge in [0.05, 0.1) is 5.52 Å². The van der Waals surface area contributed by atoms with E-state index in [0.29, 0.717) is 23.7 Å². The van der Waals surface area contributed by atoms with Gasteiger partial charge in [0.1, 0.15) is 11.3 Å². The van der Waals surface area contributed by atoms with E-state index in [2.05, 4.69) is 23.7 Å². The highest BCUT2D eigenvalue weighted by Crippen LogP contribution is 2.22. The van der Waals surface area contributed by atoms with Crippen molar-refractivity contribution in [3.63, 3.8) is 0 Å². The summed E-state index contributed by atoms with van der Waals surface area (Å²) in [4.78, 5) is 21.6. The first-order chi connectivity index (χ1) is 14.3. The van der Waals surface area contributed by atoms with Crippen LogP contribution in [0.1, 0.15) is 42.0 Å². The minimum Gasteiger partial charge on any atom is -0.337 e. The molecular weight excluding hydrogens is 379 g/mol. The van der Waals surface area contributed by atoms with Crippen LogP contribution < -0.4 is 0 Å². The number of fused-ring (bicyclic) bond motifs is 1. The number of hydrogen-bond acceptors (Lipinski definition) is 3. The molecule has 0 bridgehead atoms. The van der Waals surface area contributed by atoms with Gasteiger partial charge in [0.15, 0.2) is 5.82 Å². The lowest BCUT2D eigenvalue weighted by Crippen LogP contribution is -2.40. The number of imidazole rings is 1. The van der Waals surface area contributed by atoms with Gasteiger partial charge in [-0.05, 0) is 57.0 Å². The van der Waals surface area contributed by atoms with E-state index < -0.39 is 0 Å². The van der Waals surface area contributed by atoms with Crippen LogP contribution in [0.3, 0.4) is 0 Å². The molecule has 2 heterocycles. The molecule has 4 rings (SSSR count). The summed E-state index contributed by atoms with van der Waals surface area (Å²) in [5.41, 5.74) is 2.92. The predicted octanol–water partition coefficient (Wildman–Crippen LogP) is 4.09. The van der Waals surface area contributed by atoms with Gasteiger partial charge in [-0.2, -0.15) is 0 Å². The number of aromatic nitrogens is 2. The van der Waals surface area contributed by atoms with Crippen LogP contribution in [0, 0.1) is 12.7 Å². The standard InChI is InChI=1S/C24H29FN4O/c1-16(2)28-13-12-20(15-28)27(4)24(30)19-10-8-18(9-11-19)14-29-17(3)26-23-21(25)6-5-7-22(23)29/h5-11,16,20H,12-15H2,1-4H3. The molecule has 1 aromatic heterocycles. The topological polar surface area (TPSA) is 41.4 Å². The average Bonchev–Trinajstić information content (AvgIpc) is 3.34. The quantitative estimate of drug-likeness (QED) is 0.639. The molecular formula is C24H29FN4O. The van der Waals surface area contributed by atoms with E-state index in [4.69, 9.17) is 0 Å². The first-order valence-electron chi connectivity index (χ1n) is 10.6. The lowest BCUT2D eigenvalue weighted by atomic mass is 10.1. The second kappa shape index (κ2) is 8.19. The first-order valence-corrected chi connectivity index (χ1v) is 10.6. The van der Waals surface area contributed by atoms with Crippen molar-refractivity contribution in [3.8, 4) is 0 Å². The summed E-state index contributed by atoms with van der Waals surface area (Å²) >= 11 is 0. The van der Waals surface area contributed by atoms with Gasteiger partial charge < -0.3 is 9.47 Å². The van der Waals surface area contributed by atoms with E-state index in [1.807, 2.05) is 53.8 Å². The fraction of sp³-hybridized carbons (Fsp3) is 0.417. The Labute approximate surface area is 177 Å². The predicted molar refractivity (Wildman–Crippen MR) is 117 cm³/mol. The van der Waals surface area contributed by atoms with Crippen LogP contribution in [0.15, 0.2) is 42.5 Å². The Morgan fingerprint density at radius 2 is 1.97 bits per heavy atom. The number of rotatable bonds is 5. The Hall–Kier alpha value is -2.73. The number of carbonyl (C=O) groups excluding carboxylic acids is 1. The number of carbonyl (C=O) groups is 1. The highest BCUT2D eigenvalue weighted by atomic mass is 19.1. The van der Waals surface area contributed by atoms with E-state index >= 15 is 0 Å². The summed E-state index contributed by atoms with van der Waals surface area (Å²) in [6.45, 7) is 8.83. The van der Waals surface area contributed by atoms with Gasteiger partial charge in [0.25, 0.3) is 5.91 Å². The van der Waals surface area contributed by atoms with Crippen molar-refractivity contribution in [1.82, 2.24) is 19.4 Å². The zero-order valence-electron chi connectivity index (χ0n) is 18.1. The van der Waals surface area contributed by atoms with Crippen molar-refractivity contribution < 1.29 is 9.18 Å². The molecule has 158 valence electrons. The molecule has 1 saturated heterocycles. The molecule has 3 aromatic rings. The molecule has 1 amide bonds. The summed E-state index contributed by atoms with van der Waals surface area (Å²) in [5, 5.41) is 0. The highest BCUT2D eigenvalue weighted by molar-refractivity contribution is 5.94. The molecule has 6 heteroatoms. The summed E-state index contributed by atoms with van der Waals surface area (Å²) in [6, 6.07) is 13.5. The summed E-state index contributed by atoms with van der Waals surface area (Å²) in [7, 11) is 1.90. The lowest BCUT2D eigenvalue weighted by molar-refractivity contribution is 0.0732. The fourth-order valence-electron chi connectivity index (χ4n) is 4.29. The van der Waals surface area contributed by atoms with E-state index in [9.17, 15) is 9.18 Å². The maximum Gasteiger partial charge on any atom is 0.253 e. The van der Waals surface area contributed by atoms with Gasteiger partial charge in [-0.1, -0.05) is 18.2 Å². The normalized spacial score (nSPS) is 17.2. The number of likely N-dealkylation sites (N-methyl/N-ethyl adjacent to an activating group) is 1. The molecule has 2 aromatic carbocycles. The third-order valence-electron chi connectivity index (χ3n) is 6.26. The zero-order valence-corrected chi connectivity index (χ0v) is 18.1. The van der Waals surface area contributed by atoms with Crippen molar-refractivity contribution >= 4 is 16.9 Å². The fourth-order valence-corrected chi connectivity index (χ4v) is 4.29. The van der Waals surface area contributed by atoms with Crippen LogP contribution in [-0.2, 0) is 6.54 Å². The van der Waals surface area contributed by atoms with Crippen LogP contribution in [0.25, 0.3) is 11.0 Å². The Morgan fingerprint density at radius 1 is 1.23 bits per heavy atom. The monoisotopic (exact) mass is 408 g/mol. The number of halogens is 1. The third-order valence-corrected chi connectivity index (χ3v) is 6.26. The van der Waals surface area contributed by atoms with E-state index in [0.717, 1.165) is 36.4 Å². The Kier molecular flexibility index (Phi) is 5.60. The van der Waals surface area contributed by atoms with Gasteiger partial charge in [-0.25, -0.2) is 9.37 Å². The number of benzene rings is 2. The van der Waals surface area contributed by atoms with Crippen molar-refractivity contribution in [2.45, 2.75) is 45.8 Å². The first kappa shape index (κ1) is 20.5. The molecule has 0 spiro atoms. The number of nitrogens with zero attached hydrogens (tertiary/aromatic N) is 4. The maximum atomic E-state index is 14.0. The molecule has 30 heavy (non-hydrogen) atoms. The minimum atomic E-state index is -0.304. The Bertz CT molecular complexity index is 1060. The van der Waals surface area contributed by atoms with Gasteiger partial charge in [0.2, 0.25) is 0 Å². The third kappa shape index (κ3) is 3.84. The number of likely N-dealkylation sites (tertiary alicyclic amines) is 1. The molecule has 1 unspecified atom stereocenters. The van der Waals surface area contributed by atoms with Gasteiger partial charge in [0, 0.05) is 44.3 Å². The van der Waals surface area contributed by atoms with Crippen LogP contribution in [0.4, 0.5) is 4.39 Å². The van der Waals surface area contributed by atoms with Crippen LogP contribution in [0.5, 0.6) is 0 Å². The summed E-state index contributed by atoms with van der Waals surface area (Å²) in [5.74, 6) is 0.524. The SMILES string of the molecule is Cc1nc2c(F)cccc2n1Cc1ccc(C(=O)N(C)C2CCN(C(C)C)C2)cc1. The molecule has 1 fully saturated rings. The van der Waals surface area contributed by atoms with Crippen molar-refractivity contribution in [2.24, 2.45) is 0 Å². The smallest absolute Gasteiger partial charge is 0.253 e. The minimum absolute atomic E-state index is 0.0588. The molecule has 1 atom stereocenters. The Balaban J connectivity index is 1.48. The molecule has 1 aliphatic rings. The molecule has 0 aliphatic carbocycles. The Morgan fingerprint density at radius 3 is 2.63 bits per heavy atom. The van der Waals surface area contributed by atoms with E-state index in [-0.39, 0.29) is 17.8 Å². The highest BCUT2D eigenvalue weighted by Gasteiger charge is 2.29. The van der Waals surface area contributed by atoms with Crippen LogP contribution in [-0.4, -0.2) is 57.5 Å². The second-order valence-corrected chi connectivity index (χ2v) is 8.50. The summed E-state index contributed by atoms with van der Waals surface area (Å²) < 4.78 is 16.0. The molecule has 0 saturated carbocycles. The van der Waals surface area contributed by atoms with Crippen molar-refractivity contribution in [2.75, 3.05) is 20.1 Å². The number of aryl methyl sites for hydroxylation is 1. The van der Waals surface area contributed by atoms with Crippen molar-refractivity contribution in [1.29, 1.82) is 0 Å². The van der Waals surface area contributed by atoms with Gasteiger partial charge in [-0.15, -0.1) is 0 Å². The number of amides is 1. The number of hydrogen-bond donors (Lipinski definition) is 0.